The summed E-state index contributed by atoms with van der Waals surface area (Å²) in [6.07, 6.45) is 5.51. The van der Waals surface area contributed by atoms with Crippen molar-refractivity contribution in [3.63, 3.8) is 0 Å². The van der Waals surface area contributed by atoms with Gasteiger partial charge in [0.05, 0.1) is 6.20 Å². The van der Waals surface area contributed by atoms with Gasteiger partial charge in [-0.3, -0.25) is 0 Å². The maximum absolute atomic E-state index is 4.98. The lowest BCUT2D eigenvalue weighted by Crippen LogP contribution is -1.86. The van der Waals surface area contributed by atoms with Gasteiger partial charge in [0.2, 0.25) is 0 Å². The molecule has 0 aromatic carbocycles. The Morgan fingerprint density at radius 3 is 3.33 bits per heavy atom. The zero-order valence-electron chi connectivity index (χ0n) is 5.00. The molecule has 0 atom stereocenters. The molecule has 0 aliphatic carbocycles. The van der Waals surface area contributed by atoms with E-state index in [0.717, 1.165) is 0 Å². The predicted molar refractivity (Wildman–Crippen MR) is 36.0 cm³/mol. The molecule has 0 bridgehead atoms. The fraction of sp³-hybridized carbons (Fsp3) is 0.143. The lowest BCUT2D eigenvalue weighted by molar-refractivity contribution is 0.347. The normalized spacial score (nSPS) is 14.4. The maximum atomic E-state index is 4.98. The molecule has 0 N–H and O–H groups in total. The molecule has 0 saturated heterocycles. The largest absolute Gasteiger partial charge is 0.458 e. The fourth-order valence-corrected chi connectivity index (χ4v) is 0.503. The lowest BCUT2D eigenvalue weighted by atomic mass is 10.4. The first-order valence-electron chi connectivity index (χ1n) is 2.68. The van der Waals surface area contributed by atoms with Gasteiger partial charge in [-0.1, -0.05) is 6.08 Å². The van der Waals surface area contributed by atoms with Crippen molar-refractivity contribution in [2.75, 3.05) is 0 Å². The molecule has 0 amide bonds. The van der Waals surface area contributed by atoms with Gasteiger partial charge in [-0.25, -0.2) is 4.99 Å². The van der Waals surface area contributed by atoms with Crippen LogP contribution >= 0.6 is 0 Å². The maximum Gasteiger partial charge on any atom is 0.168 e. The smallest absolute Gasteiger partial charge is 0.168 e. The third kappa shape index (κ3) is 1.59. The summed E-state index contributed by atoms with van der Waals surface area (Å²) in [5.74, 6) is 3.40. The second-order valence-electron chi connectivity index (χ2n) is 1.56. The van der Waals surface area contributed by atoms with Crippen molar-refractivity contribution in [1.29, 1.82) is 0 Å². The van der Waals surface area contributed by atoms with E-state index in [9.17, 15) is 0 Å². The molecule has 1 aliphatic rings. The van der Waals surface area contributed by atoms with Gasteiger partial charge in [-0.2, -0.15) is 0 Å². The molecule has 0 aromatic heterocycles. The first kappa shape index (κ1) is 5.86. The van der Waals surface area contributed by atoms with E-state index in [1.54, 1.807) is 12.3 Å². The number of nitrogens with zero attached hydrogens (tertiary/aromatic N) is 1. The highest BCUT2D eigenvalue weighted by molar-refractivity contribution is 5.57. The van der Waals surface area contributed by atoms with Crippen LogP contribution in [0.5, 0.6) is 0 Å². The molecule has 0 aromatic rings. The number of hydrogen-bond acceptors (Lipinski definition) is 2. The number of ether oxygens (including phenoxy) is 1. The Hall–Kier alpha value is -1.27. The van der Waals surface area contributed by atoms with Gasteiger partial charge in [-0.05, 0) is 0 Å². The van der Waals surface area contributed by atoms with Crippen LogP contribution in [0.25, 0.3) is 0 Å². The molecule has 46 valence electrons. The van der Waals surface area contributed by atoms with E-state index in [1.165, 1.54) is 6.26 Å². The number of hydrogen-bond donors (Lipinski definition) is 0. The van der Waals surface area contributed by atoms with E-state index in [0.29, 0.717) is 12.2 Å². The average molecular weight is 121 g/mol. The minimum absolute atomic E-state index is 0.688. The van der Waals surface area contributed by atoms with Crippen LogP contribution in [0.2, 0.25) is 0 Å². The molecule has 0 radical (unpaired) electrons. The molecule has 2 heteroatoms. The summed E-state index contributed by atoms with van der Waals surface area (Å²) >= 11 is 0. The summed E-state index contributed by atoms with van der Waals surface area (Å²) in [6.45, 7) is 3.55. The Kier molecular flexibility index (Phi) is 1.89. The van der Waals surface area contributed by atoms with Crippen LogP contribution in [0.15, 0.2) is 35.9 Å². The van der Waals surface area contributed by atoms with Crippen LogP contribution in [-0.2, 0) is 4.74 Å². The standard InChI is InChI=1S/C7H7NO/c1-2-3-7-6-8-4-5-9-7/h2,4-5H,1,3H2. The quantitative estimate of drug-likeness (QED) is 0.508. The van der Waals surface area contributed by atoms with Crippen LogP contribution in [0, 0.1) is 0 Å². The highest BCUT2D eigenvalue weighted by Crippen LogP contribution is 2.02. The van der Waals surface area contributed by atoms with Gasteiger partial charge in [0.1, 0.15) is 6.26 Å². The van der Waals surface area contributed by atoms with Gasteiger partial charge in [0, 0.05) is 12.3 Å². The summed E-state index contributed by atoms with van der Waals surface area (Å²) in [5, 5.41) is 0. The van der Waals surface area contributed by atoms with E-state index in [4.69, 9.17) is 4.74 Å². The van der Waals surface area contributed by atoms with Gasteiger partial charge in [0.15, 0.2) is 5.76 Å². The van der Waals surface area contributed by atoms with E-state index in [1.807, 2.05) is 0 Å². The topological polar surface area (TPSA) is 21.6 Å². The van der Waals surface area contributed by atoms with E-state index >= 15 is 0 Å². The Balaban J connectivity index is 2.61. The second-order valence-corrected chi connectivity index (χ2v) is 1.56. The summed E-state index contributed by atoms with van der Waals surface area (Å²) in [4.78, 5) is 3.74. The first-order chi connectivity index (χ1) is 4.43. The average Bonchev–Trinajstić information content (AvgIpc) is 1.91. The monoisotopic (exact) mass is 121 g/mol. The first-order valence-corrected chi connectivity index (χ1v) is 2.68. The molecule has 0 saturated carbocycles. The van der Waals surface area contributed by atoms with Crippen LogP contribution in [0.1, 0.15) is 6.42 Å². The predicted octanol–water partition coefficient (Wildman–Crippen LogP) is 1.62. The Bertz CT molecular complexity index is 197. The number of rotatable bonds is 2. The second kappa shape index (κ2) is 2.90. The molecule has 9 heavy (non-hydrogen) atoms. The van der Waals surface area contributed by atoms with Gasteiger partial charge >= 0.3 is 0 Å². The van der Waals surface area contributed by atoms with Gasteiger partial charge in [-0.15, -0.1) is 6.58 Å². The van der Waals surface area contributed by atoms with Crippen molar-refractivity contribution in [3.8, 4) is 0 Å². The zero-order chi connectivity index (χ0) is 6.53. The molecular weight excluding hydrogens is 114 g/mol. The van der Waals surface area contributed by atoms with Crippen molar-refractivity contribution in [3.05, 3.63) is 30.9 Å². The minimum atomic E-state index is 0.688. The summed E-state index contributed by atoms with van der Waals surface area (Å²) < 4.78 is 4.98. The Morgan fingerprint density at radius 1 is 1.89 bits per heavy atom. The van der Waals surface area contributed by atoms with Crippen molar-refractivity contribution in [2.24, 2.45) is 4.99 Å². The fourth-order valence-electron chi connectivity index (χ4n) is 0.503. The Labute approximate surface area is 53.9 Å². The zero-order valence-corrected chi connectivity index (χ0v) is 5.00. The number of aliphatic imine (C=N–C) groups is 1. The highest BCUT2D eigenvalue weighted by atomic mass is 16.5. The van der Waals surface area contributed by atoms with Crippen molar-refractivity contribution < 1.29 is 4.74 Å². The molecule has 0 spiro atoms. The van der Waals surface area contributed by atoms with Gasteiger partial charge in [0.25, 0.3) is 0 Å². The van der Waals surface area contributed by atoms with Crippen LogP contribution in [0.3, 0.4) is 0 Å². The van der Waals surface area contributed by atoms with Gasteiger partial charge < -0.3 is 4.74 Å². The molecular formula is C7H7NO. The molecule has 1 aliphatic heterocycles. The summed E-state index contributed by atoms with van der Waals surface area (Å²) in [7, 11) is 0. The summed E-state index contributed by atoms with van der Waals surface area (Å²) in [5.41, 5.74) is 0. The van der Waals surface area contributed by atoms with E-state index in [-0.39, 0.29) is 0 Å². The lowest BCUT2D eigenvalue weighted by Gasteiger charge is -1.99. The van der Waals surface area contributed by atoms with Crippen molar-refractivity contribution in [2.45, 2.75) is 6.42 Å². The third-order valence-electron chi connectivity index (χ3n) is 0.865. The minimum Gasteiger partial charge on any atom is -0.458 e. The molecule has 1 rings (SSSR count). The number of allylic oxidation sites excluding steroid dienone is 1. The Morgan fingerprint density at radius 2 is 2.78 bits per heavy atom. The third-order valence-corrected chi connectivity index (χ3v) is 0.865. The van der Waals surface area contributed by atoms with E-state index < -0.39 is 0 Å². The molecule has 0 unspecified atom stereocenters. The molecule has 2 nitrogen and oxygen atoms in total. The van der Waals surface area contributed by atoms with Crippen LogP contribution in [-0.4, -0.2) is 5.87 Å². The van der Waals surface area contributed by atoms with Crippen molar-refractivity contribution >= 4 is 5.87 Å². The molecule has 1 heterocycles. The summed E-state index contributed by atoms with van der Waals surface area (Å²) in [6, 6.07) is 0. The highest BCUT2D eigenvalue weighted by Gasteiger charge is 1.92. The van der Waals surface area contributed by atoms with Crippen LogP contribution in [0.4, 0.5) is 0 Å². The van der Waals surface area contributed by atoms with E-state index in [2.05, 4.69) is 17.4 Å². The SMILES string of the molecule is C=CCC1=C=NC=CO1. The van der Waals surface area contributed by atoms with Crippen molar-refractivity contribution in [1.82, 2.24) is 0 Å². The molecule has 0 fully saturated rings. The van der Waals surface area contributed by atoms with Crippen LogP contribution < -0.4 is 0 Å².